The van der Waals surface area contributed by atoms with E-state index in [4.69, 9.17) is 52.1 Å². The second-order valence-corrected chi connectivity index (χ2v) is 4.93. The normalized spacial score (nSPS) is 10.6. The van der Waals surface area contributed by atoms with Crippen LogP contribution in [0.5, 0.6) is 0 Å². The molecule has 1 heterocycles. The van der Waals surface area contributed by atoms with E-state index < -0.39 is 0 Å². The molecule has 0 amide bonds. The summed E-state index contributed by atoms with van der Waals surface area (Å²) < 4.78 is 0. The molecule has 0 aliphatic rings. The molecule has 2 rings (SSSR count). The zero-order chi connectivity index (χ0) is 12.6. The van der Waals surface area contributed by atoms with Crippen LogP contribution in [0.1, 0.15) is 0 Å². The van der Waals surface area contributed by atoms with Crippen molar-refractivity contribution in [1.29, 1.82) is 0 Å². The Kier molecular flexibility index (Phi) is 3.69. The van der Waals surface area contributed by atoms with Gasteiger partial charge in [0.1, 0.15) is 5.82 Å². The fraction of sp³-hybridized carbons (Fsp3) is 0. The topological polar surface area (TPSA) is 38.9 Å². The molecule has 88 valence electrons. The lowest BCUT2D eigenvalue weighted by molar-refractivity contribution is 1.34. The van der Waals surface area contributed by atoms with E-state index in [-0.39, 0.29) is 0 Å². The van der Waals surface area contributed by atoms with Crippen LogP contribution in [0.4, 0.5) is 5.82 Å². The summed E-state index contributed by atoms with van der Waals surface area (Å²) in [6.07, 6.45) is 1.45. The van der Waals surface area contributed by atoms with Crippen LogP contribution >= 0.6 is 46.4 Å². The third-order valence-corrected chi connectivity index (χ3v) is 3.52. The summed E-state index contributed by atoms with van der Waals surface area (Å²) in [5, 5.41) is 1.61. The number of nitrogens with zero attached hydrogens (tertiary/aromatic N) is 1. The number of halogens is 4. The summed E-state index contributed by atoms with van der Waals surface area (Å²) in [5.41, 5.74) is 6.88. The Hall–Kier alpha value is -0.670. The van der Waals surface area contributed by atoms with Gasteiger partial charge in [0.2, 0.25) is 0 Å². The molecule has 6 heteroatoms. The highest BCUT2D eigenvalue weighted by atomic mass is 35.5. The molecule has 2 nitrogen and oxygen atoms in total. The van der Waals surface area contributed by atoms with Gasteiger partial charge in [-0.3, -0.25) is 0 Å². The molecule has 2 N–H and O–H groups in total. The Morgan fingerprint density at radius 2 is 1.65 bits per heavy atom. The molecule has 1 aromatic carbocycles. The minimum atomic E-state index is 0.292. The molecule has 0 aliphatic heterocycles. The first kappa shape index (κ1) is 12.8. The van der Waals surface area contributed by atoms with Gasteiger partial charge < -0.3 is 5.73 Å². The van der Waals surface area contributed by atoms with Crippen molar-refractivity contribution >= 4 is 52.2 Å². The van der Waals surface area contributed by atoms with E-state index in [9.17, 15) is 0 Å². The van der Waals surface area contributed by atoms with Gasteiger partial charge in [-0.05, 0) is 18.2 Å². The lowest BCUT2D eigenvalue weighted by atomic mass is 10.1. The maximum Gasteiger partial charge on any atom is 0.131 e. The molecule has 0 saturated heterocycles. The highest BCUT2D eigenvalue weighted by molar-refractivity contribution is 6.46. The minimum absolute atomic E-state index is 0.292. The van der Waals surface area contributed by atoms with E-state index in [1.807, 2.05) is 0 Å². The van der Waals surface area contributed by atoms with Gasteiger partial charge in [0, 0.05) is 17.3 Å². The van der Waals surface area contributed by atoms with Crippen molar-refractivity contribution in [3.8, 4) is 11.1 Å². The van der Waals surface area contributed by atoms with Gasteiger partial charge in [-0.1, -0.05) is 46.4 Å². The van der Waals surface area contributed by atoms with E-state index in [0.717, 1.165) is 0 Å². The predicted octanol–water partition coefficient (Wildman–Crippen LogP) is 4.94. The Morgan fingerprint density at radius 3 is 2.35 bits per heavy atom. The van der Waals surface area contributed by atoms with E-state index >= 15 is 0 Å². The number of hydrogen-bond acceptors (Lipinski definition) is 2. The molecule has 17 heavy (non-hydrogen) atoms. The van der Waals surface area contributed by atoms with Crippen LogP contribution in [-0.4, -0.2) is 4.98 Å². The van der Waals surface area contributed by atoms with Gasteiger partial charge in [0.25, 0.3) is 0 Å². The SMILES string of the molecule is Nc1ncc(Cl)cc1-c1c(Cl)ccc(Cl)c1Cl. The number of rotatable bonds is 1. The average molecular weight is 308 g/mol. The second kappa shape index (κ2) is 4.91. The van der Waals surface area contributed by atoms with Crippen LogP contribution in [0.15, 0.2) is 24.4 Å². The number of benzene rings is 1. The van der Waals surface area contributed by atoms with Crippen molar-refractivity contribution in [2.45, 2.75) is 0 Å². The molecule has 2 aromatic rings. The molecule has 1 aromatic heterocycles. The van der Waals surface area contributed by atoms with E-state index in [1.165, 1.54) is 6.20 Å². The second-order valence-electron chi connectivity index (χ2n) is 3.30. The zero-order valence-electron chi connectivity index (χ0n) is 8.35. The van der Waals surface area contributed by atoms with Crippen LogP contribution in [0, 0.1) is 0 Å². The first-order chi connectivity index (χ1) is 8.00. The van der Waals surface area contributed by atoms with Crippen LogP contribution in [0.25, 0.3) is 11.1 Å². The Morgan fingerprint density at radius 1 is 1.00 bits per heavy atom. The summed E-state index contributed by atoms with van der Waals surface area (Å²) in [7, 11) is 0. The first-order valence-electron chi connectivity index (χ1n) is 4.55. The zero-order valence-corrected chi connectivity index (χ0v) is 11.4. The molecule has 0 fully saturated rings. The van der Waals surface area contributed by atoms with Crippen LogP contribution in [0.3, 0.4) is 0 Å². The van der Waals surface area contributed by atoms with Crippen LogP contribution in [-0.2, 0) is 0 Å². The van der Waals surface area contributed by atoms with Gasteiger partial charge in [-0.25, -0.2) is 4.98 Å². The van der Waals surface area contributed by atoms with Gasteiger partial charge >= 0.3 is 0 Å². The van der Waals surface area contributed by atoms with Gasteiger partial charge in [-0.2, -0.15) is 0 Å². The molecular weight excluding hydrogens is 302 g/mol. The summed E-state index contributed by atoms with van der Waals surface area (Å²) in [6.45, 7) is 0. The fourth-order valence-electron chi connectivity index (χ4n) is 1.42. The van der Waals surface area contributed by atoms with Crippen molar-refractivity contribution in [3.63, 3.8) is 0 Å². The maximum atomic E-state index is 6.11. The summed E-state index contributed by atoms with van der Waals surface area (Å²) in [5.74, 6) is 0.292. The monoisotopic (exact) mass is 306 g/mol. The lowest BCUT2D eigenvalue weighted by Crippen LogP contribution is -1.95. The number of pyridine rings is 1. The van der Waals surface area contributed by atoms with Gasteiger partial charge in [0.05, 0.1) is 20.1 Å². The summed E-state index contributed by atoms with van der Waals surface area (Å²) >= 11 is 24.0. The Balaban J connectivity index is 2.76. The molecule has 0 atom stereocenters. The third kappa shape index (κ3) is 2.45. The molecule has 0 unspecified atom stereocenters. The smallest absolute Gasteiger partial charge is 0.131 e. The molecule has 0 bridgehead atoms. The number of nitrogens with two attached hydrogens (primary N) is 1. The Bertz CT molecular complexity index is 584. The van der Waals surface area contributed by atoms with Crippen molar-refractivity contribution in [2.24, 2.45) is 0 Å². The highest BCUT2D eigenvalue weighted by Crippen LogP contribution is 2.41. The number of hydrogen-bond donors (Lipinski definition) is 1. The van der Waals surface area contributed by atoms with Crippen LogP contribution in [0.2, 0.25) is 20.1 Å². The minimum Gasteiger partial charge on any atom is -0.383 e. The maximum absolute atomic E-state index is 6.11. The fourth-order valence-corrected chi connectivity index (χ4v) is 2.31. The van der Waals surface area contributed by atoms with E-state index in [2.05, 4.69) is 4.98 Å². The van der Waals surface area contributed by atoms with Gasteiger partial charge in [-0.15, -0.1) is 0 Å². The molecule has 0 radical (unpaired) electrons. The number of aromatic nitrogens is 1. The van der Waals surface area contributed by atoms with E-state index in [0.29, 0.717) is 37.0 Å². The van der Waals surface area contributed by atoms with Crippen molar-refractivity contribution in [2.75, 3.05) is 5.73 Å². The number of nitrogen functional groups attached to an aromatic ring is 1. The van der Waals surface area contributed by atoms with E-state index in [1.54, 1.807) is 18.2 Å². The quantitative estimate of drug-likeness (QED) is 0.757. The predicted molar refractivity (Wildman–Crippen MR) is 74.1 cm³/mol. The lowest BCUT2D eigenvalue weighted by Gasteiger charge is -2.10. The molecular formula is C11H6Cl4N2. The number of anilines is 1. The van der Waals surface area contributed by atoms with Crippen molar-refractivity contribution in [3.05, 3.63) is 44.5 Å². The van der Waals surface area contributed by atoms with Crippen molar-refractivity contribution in [1.82, 2.24) is 4.98 Å². The van der Waals surface area contributed by atoms with Gasteiger partial charge in [0.15, 0.2) is 0 Å². The summed E-state index contributed by atoms with van der Waals surface area (Å²) in [6, 6.07) is 4.91. The highest BCUT2D eigenvalue weighted by Gasteiger charge is 2.15. The molecule has 0 aliphatic carbocycles. The first-order valence-corrected chi connectivity index (χ1v) is 6.06. The van der Waals surface area contributed by atoms with Crippen molar-refractivity contribution < 1.29 is 0 Å². The molecule has 0 spiro atoms. The largest absolute Gasteiger partial charge is 0.383 e. The summed E-state index contributed by atoms with van der Waals surface area (Å²) in [4.78, 5) is 3.95. The Labute approximate surface area is 118 Å². The molecule has 0 saturated carbocycles. The average Bonchev–Trinajstić information content (AvgIpc) is 2.29. The standard InChI is InChI=1S/C11H6Cl4N2/c12-5-3-6(11(16)17-4-5)9-7(13)1-2-8(14)10(9)15/h1-4H,(H2,16,17). The third-order valence-electron chi connectivity index (χ3n) is 2.20. The van der Waals surface area contributed by atoms with Crippen LogP contribution < -0.4 is 5.73 Å².